The van der Waals surface area contributed by atoms with Gasteiger partial charge in [-0.05, 0) is 37.0 Å². The minimum absolute atomic E-state index is 0.00981. The van der Waals surface area contributed by atoms with Gasteiger partial charge in [-0.15, -0.1) is 0 Å². The highest BCUT2D eigenvalue weighted by Crippen LogP contribution is 2.44. The Morgan fingerprint density at radius 1 is 1.09 bits per heavy atom. The average Bonchev–Trinajstić information content (AvgIpc) is 3.27. The minimum Gasteiger partial charge on any atom is -0.378 e. The van der Waals surface area contributed by atoms with Crippen molar-refractivity contribution in [2.24, 2.45) is 7.05 Å². The van der Waals surface area contributed by atoms with Gasteiger partial charge in [-0.1, -0.05) is 60.7 Å². The number of piperidine rings is 1. The summed E-state index contributed by atoms with van der Waals surface area (Å²) in [6, 6.07) is 22.4. The second kappa shape index (κ2) is 9.72. The van der Waals surface area contributed by atoms with Gasteiger partial charge in [-0.3, -0.25) is 9.48 Å². The molecular formula is C28H33N3O3. The second-order valence-electron chi connectivity index (χ2n) is 9.41. The van der Waals surface area contributed by atoms with Gasteiger partial charge < -0.3 is 14.4 Å². The van der Waals surface area contributed by atoms with Crippen molar-refractivity contribution in [1.29, 1.82) is 0 Å². The number of carbonyl (C=O) groups excluding carboxylic acids is 1. The summed E-state index contributed by atoms with van der Waals surface area (Å²) in [7, 11) is 1.89. The third-order valence-electron chi connectivity index (χ3n) is 7.17. The van der Waals surface area contributed by atoms with Crippen molar-refractivity contribution in [2.45, 2.75) is 50.4 Å². The summed E-state index contributed by atoms with van der Waals surface area (Å²) in [4.78, 5) is 15.2. The molecule has 1 spiro atoms. The Morgan fingerprint density at radius 2 is 1.76 bits per heavy atom. The van der Waals surface area contributed by atoms with Gasteiger partial charge in [0.25, 0.3) is 5.91 Å². The zero-order valence-corrected chi connectivity index (χ0v) is 20.0. The minimum atomic E-state index is -0.255. The van der Waals surface area contributed by atoms with Crippen molar-refractivity contribution in [3.63, 3.8) is 0 Å². The summed E-state index contributed by atoms with van der Waals surface area (Å²) < 4.78 is 14.6. The molecule has 2 aliphatic rings. The van der Waals surface area contributed by atoms with E-state index in [-0.39, 0.29) is 23.7 Å². The van der Waals surface area contributed by atoms with Crippen molar-refractivity contribution in [3.8, 4) is 11.3 Å². The first-order valence-electron chi connectivity index (χ1n) is 12.3. The molecule has 3 aromatic rings. The number of benzene rings is 2. The molecule has 34 heavy (non-hydrogen) atoms. The van der Waals surface area contributed by atoms with Crippen molar-refractivity contribution in [3.05, 3.63) is 78.0 Å². The van der Waals surface area contributed by atoms with E-state index in [4.69, 9.17) is 9.47 Å². The van der Waals surface area contributed by atoms with E-state index in [0.29, 0.717) is 25.4 Å². The molecule has 2 aliphatic heterocycles. The maximum absolute atomic E-state index is 13.3. The molecule has 3 heterocycles. The summed E-state index contributed by atoms with van der Waals surface area (Å²) in [5.74, 6) is -0.00981. The van der Waals surface area contributed by atoms with Crippen molar-refractivity contribution < 1.29 is 14.3 Å². The highest BCUT2D eigenvalue weighted by Gasteiger charge is 2.45. The fourth-order valence-electron chi connectivity index (χ4n) is 5.42. The smallest absolute Gasteiger partial charge is 0.274 e. The summed E-state index contributed by atoms with van der Waals surface area (Å²) >= 11 is 0. The first kappa shape index (κ1) is 22.8. The van der Waals surface area contributed by atoms with Gasteiger partial charge in [0, 0.05) is 39.6 Å². The van der Waals surface area contributed by atoms with Gasteiger partial charge in [0.05, 0.1) is 23.5 Å². The maximum Gasteiger partial charge on any atom is 0.274 e. The van der Waals surface area contributed by atoms with Crippen molar-refractivity contribution >= 4 is 5.91 Å². The predicted molar refractivity (Wildman–Crippen MR) is 131 cm³/mol. The van der Waals surface area contributed by atoms with E-state index in [0.717, 1.165) is 36.9 Å². The lowest BCUT2D eigenvalue weighted by Crippen LogP contribution is -2.52. The summed E-state index contributed by atoms with van der Waals surface area (Å²) in [5.41, 5.74) is 3.44. The molecule has 178 valence electrons. The van der Waals surface area contributed by atoms with E-state index in [1.807, 2.05) is 54.4 Å². The van der Waals surface area contributed by atoms with E-state index >= 15 is 0 Å². The molecule has 0 unspecified atom stereocenters. The molecule has 0 radical (unpaired) electrons. The van der Waals surface area contributed by atoms with Crippen LogP contribution in [0.2, 0.25) is 0 Å². The van der Waals surface area contributed by atoms with Crippen LogP contribution in [0.1, 0.15) is 54.8 Å². The van der Waals surface area contributed by atoms with E-state index < -0.39 is 0 Å². The lowest BCUT2D eigenvalue weighted by atomic mass is 9.80. The largest absolute Gasteiger partial charge is 0.378 e. The van der Waals surface area contributed by atoms with E-state index in [9.17, 15) is 4.79 Å². The van der Waals surface area contributed by atoms with Crippen LogP contribution in [-0.2, 0) is 16.5 Å². The summed E-state index contributed by atoms with van der Waals surface area (Å²) in [6.07, 6.45) is 3.58. The number of aromatic nitrogens is 2. The van der Waals surface area contributed by atoms with E-state index in [1.54, 1.807) is 4.68 Å². The molecule has 2 atom stereocenters. The molecule has 2 fully saturated rings. The Labute approximate surface area is 201 Å². The highest BCUT2D eigenvalue weighted by atomic mass is 16.5. The first-order valence-corrected chi connectivity index (χ1v) is 12.3. The highest BCUT2D eigenvalue weighted by molar-refractivity contribution is 5.93. The van der Waals surface area contributed by atoms with Crippen LogP contribution in [0.25, 0.3) is 11.3 Å². The van der Waals surface area contributed by atoms with Gasteiger partial charge >= 0.3 is 0 Å². The normalized spacial score (nSPS) is 22.1. The maximum atomic E-state index is 13.3. The number of hydrogen-bond acceptors (Lipinski definition) is 4. The zero-order chi connectivity index (χ0) is 23.5. The van der Waals surface area contributed by atoms with Crippen LogP contribution in [-0.4, -0.2) is 52.0 Å². The van der Waals surface area contributed by atoms with Crippen LogP contribution in [0.3, 0.4) is 0 Å². The summed E-state index contributed by atoms with van der Waals surface area (Å²) in [5, 5.41) is 4.53. The van der Waals surface area contributed by atoms with Crippen molar-refractivity contribution in [2.75, 3.05) is 19.7 Å². The predicted octanol–water partition coefficient (Wildman–Crippen LogP) is 5.02. The fraction of sp³-hybridized carbons (Fsp3) is 0.429. The summed E-state index contributed by atoms with van der Waals surface area (Å²) in [6.45, 7) is 4.08. The second-order valence-corrected chi connectivity index (χ2v) is 9.41. The fourth-order valence-corrected chi connectivity index (χ4v) is 5.42. The average molecular weight is 460 g/mol. The molecule has 1 amide bonds. The molecule has 6 heteroatoms. The lowest BCUT2D eigenvalue weighted by molar-refractivity contribution is -0.190. The monoisotopic (exact) mass is 459 g/mol. The van der Waals surface area contributed by atoms with Crippen LogP contribution in [0.4, 0.5) is 0 Å². The van der Waals surface area contributed by atoms with Crippen LogP contribution in [0.15, 0.2) is 66.7 Å². The molecule has 2 saturated heterocycles. The Bertz CT molecular complexity index is 1100. The molecule has 0 saturated carbocycles. The zero-order valence-electron chi connectivity index (χ0n) is 20.0. The molecule has 0 aliphatic carbocycles. The lowest BCUT2D eigenvalue weighted by Gasteiger charge is -2.48. The number of carbonyl (C=O) groups is 1. The van der Waals surface area contributed by atoms with E-state index in [1.165, 1.54) is 5.56 Å². The topological polar surface area (TPSA) is 56.6 Å². The van der Waals surface area contributed by atoms with Crippen LogP contribution in [0.5, 0.6) is 0 Å². The number of rotatable bonds is 5. The molecule has 2 aromatic carbocycles. The van der Waals surface area contributed by atoms with Crippen LogP contribution < -0.4 is 0 Å². The molecule has 6 nitrogen and oxygen atoms in total. The molecule has 0 N–H and O–H groups in total. The molecule has 0 bridgehead atoms. The Hall–Kier alpha value is -2.96. The van der Waals surface area contributed by atoms with E-state index in [2.05, 4.69) is 36.3 Å². The van der Waals surface area contributed by atoms with Gasteiger partial charge in [0.2, 0.25) is 0 Å². The molecular weight excluding hydrogens is 426 g/mol. The quantitative estimate of drug-likeness (QED) is 0.538. The number of hydrogen-bond donors (Lipinski definition) is 0. The van der Waals surface area contributed by atoms with Gasteiger partial charge in [-0.25, -0.2) is 0 Å². The van der Waals surface area contributed by atoms with Gasteiger partial charge in [0.1, 0.15) is 0 Å². The number of nitrogens with zero attached hydrogens (tertiary/aromatic N) is 3. The third kappa shape index (κ3) is 4.65. The molecule has 5 rings (SSSR count). The Kier molecular flexibility index (Phi) is 6.53. The standard InChI is InChI=1S/C28H33N3O3/c1-3-33-23-18-26(22-12-8-5-9-13-22)34-28(20-23)14-16-31(17-15-28)27(32)24-19-25(30(2)29-24)21-10-6-4-7-11-21/h4-13,19,23,26H,3,14-18,20H2,1-2H3/t23-,26-/m0/s1. The molecule has 1 aromatic heterocycles. The third-order valence-corrected chi connectivity index (χ3v) is 7.17. The number of ether oxygens (including phenoxy) is 2. The first-order chi connectivity index (χ1) is 16.6. The Balaban J connectivity index is 1.29. The van der Waals surface area contributed by atoms with Crippen LogP contribution in [0, 0.1) is 0 Å². The van der Waals surface area contributed by atoms with Gasteiger partial charge in [-0.2, -0.15) is 5.10 Å². The number of amides is 1. The Morgan fingerprint density at radius 3 is 2.44 bits per heavy atom. The number of aryl methyl sites for hydroxylation is 1. The SMILES string of the molecule is CCO[C@H]1C[C@@H](c2ccccc2)OC2(CCN(C(=O)c3cc(-c4ccccc4)n(C)n3)CC2)C1. The number of likely N-dealkylation sites (tertiary alicyclic amines) is 1. The van der Waals surface area contributed by atoms with Crippen molar-refractivity contribution in [1.82, 2.24) is 14.7 Å². The van der Waals surface area contributed by atoms with Crippen LogP contribution >= 0.6 is 0 Å². The van der Waals surface area contributed by atoms with Gasteiger partial charge in [0.15, 0.2) is 5.69 Å².